The molecule has 4 heteroatoms. The van der Waals surface area contributed by atoms with Gasteiger partial charge in [-0.15, -0.1) is 0 Å². The van der Waals surface area contributed by atoms with Gasteiger partial charge in [0.05, 0.1) is 18.0 Å². The maximum absolute atomic E-state index is 5.19. The second kappa shape index (κ2) is 9.02. The monoisotopic (exact) mass is 265 g/mol. The van der Waals surface area contributed by atoms with Crippen LogP contribution in [0.4, 0.5) is 0 Å². The lowest BCUT2D eigenvalue weighted by atomic mass is 10.2. The van der Waals surface area contributed by atoms with Crippen molar-refractivity contribution in [2.75, 3.05) is 27.3 Å². The maximum atomic E-state index is 5.19. The van der Waals surface area contributed by atoms with Crippen molar-refractivity contribution in [1.82, 2.24) is 15.2 Å². The lowest BCUT2D eigenvalue weighted by Crippen LogP contribution is -2.35. The number of ether oxygens (including phenoxy) is 1. The first kappa shape index (κ1) is 16.1. The van der Waals surface area contributed by atoms with Crippen LogP contribution in [0.25, 0.3) is 0 Å². The van der Waals surface area contributed by atoms with Gasteiger partial charge in [-0.25, -0.2) is 0 Å². The van der Waals surface area contributed by atoms with Crippen LogP contribution in [-0.2, 0) is 17.8 Å². The van der Waals surface area contributed by atoms with Gasteiger partial charge in [-0.2, -0.15) is 0 Å². The first-order chi connectivity index (χ1) is 9.21. The molecule has 0 fully saturated rings. The molecule has 1 aromatic rings. The van der Waals surface area contributed by atoms with Gasteiger partial charge in [0.1, 0.15) is 0 Å². The van der Waals surface area contributed by atoms with Gasteiger partial charge in [0.2, 0.25) is 0 Å². The molecule has 1 N–H and O–H groups in total. The van der Waals surface area contributed by atoms with E-state index in [4.69, 9.17) is 4.74 Å². The highest BCUT2D eigenvalue weighted by Gasteiger charge is 2.13. The summed E-state index contributed by atoms with van der Waals surface area (Å²) in [6, 6.07) is 6.79. The highest BCUT2D eigenvalue weighted by atomic mass is 16.5. The van der Waals surface area contributed by atoms with Crippen LogP contribution >= 0.6 is 0 Å². The molecule has 1 rings (SSSR count). The largest absolute Gasteiger partial charge is 0.383 e. The zero-order chi connectivity index (χ0) is 14.1. The van der Waals surface area contributed by atoms with Gasteiger partial charge in [0.25, 0.3) is 0 Å². The Hall–Kier alpha value is -0.970. The third-order valence-electron chi connectivity index (χ3n) is 3.38. The van der Waals surface area contributed by atoms with E-state index in [0.717, 1.165) is 44.0 Å². The van der Waals surface area contributed by atoms with Crippen LogP contribution in [0, 0.1) is 0 Å². The summed E-state index contributed by atoms with van der Waals surface area (Å²) in [6.07, 6.45) is 1.14. The summed E-state index contributed by atoms with van der Waals surface area (Å²) in [5, 5.41) is 3.14. The summed E-state index contributed by atoms with van der Waals surface area (Å²) in [5.41, 5.74) is 2.22. The Morgan fingerprint density at radius 2 is 2.11 bits per heavy atom. The summed E-state index contributed by atoms with van der Waals surface area (Å²) in [6.45, 7) is 7.89. The van der Waals surface area contributed by atoms with E-state index in [1.54, 1.807) is 7.11 Å². The summed E-state index contributed by atoms with van der Waals surface area (Å²) >= 11 is 0. The second-order valence-corrected chi connectivity index (χ2v) is 4.87. The van der Waals surface area contributed by atoms with E-state index < -0.39 is 0 Å². The Kier molecular flexibility index (Phi) is 7.63. The van der Waals surface area contributed by atoms with Gasteiger partial charge in [-0.05, 0) is 32.5 Å². The number of hydrogen-bond donors (Lipinski definition) is 1. The third kappa shape index (κ3) is 5.68. The number of nitrogens with zero attached hydrogens (tertiary/aromatic N) is 2. The minimum atomic E-state index is 0.546. The number of hydrogen-bond acceptors (Lipinski definition) is 4. The molecular weight excluding hydrogens is 238 g/mol. The molecule has 0 aromatic carbocycles. The Morgan fingerprint density at radius 3 is 2.74 bits per heavy atom. The highest BCUT2D eigenvalue weighted by molar-refractivity contribution is 5.11. The summed E-state index contributed by atoms with van der Waals surface area (Å²) in [7, 11) is 3.69. The minimum absolute atomic E-state index is 0.546. The van der Waals surface area contributed by atoms with Crippen molar-refractivity contribution in [2.24, 2.45) is 0 Å². The second-order valence-electron chi connectivity index (χ2n) is 4.87. The molecule has 0 bridgehead atoms. The van der Waals surface area contributed by atoms with Crippen LogP contribution in [0.1, 0.15) is 31.7 Å². The molecule has 108 valence electrons. The van der Waals surface area contributed by atoms with Crippen molar-refractivity contribution in [3.05, 3.63) is 29.6 Å². The number of nitrogens with one attached hydrogen (secondary N) is 1. The van der Waals surface area contributed by atoms with E-state index in [9.17, 15) is 0 Å². The van der Waals surface area contributed by atoms with Gasteiger partial charge in [-0.1, -0.05) is 13.0 Å². The van der Waals surface area contributed by atoms with Crippen molar-refractivity contribution in [2.45, 2.75) is 39.4 Å². The van der Waals surface area contributed by atoms with Crippen LogP contribution in [-0.4, -0.2) is 43.2 Å². The molecule has 1 atom stereocenters. The first-order valence-electron chi connectivity index (χ1n) is 7.03. The number of rotatable bonds is 9. The Bertz CT molecular complexity index is 357. The fraction of sp³-hybridized carbons (Fsp3) is 0.667. The van der Waals surface area contributed by atoms with Crippen molar-refractivity contribution >= 4 is 0 Å². The fourth-order valence-corrected chi connectivity index (χ4v) is 2.03. The molecule has 0 aliphatic carbocycles. The standard InChI is InChI=1S/C15H27N3O/c1-5-13(2)18(9-10-19-4)12-15-8-6-7-14(17-15)11-16-3/h6-8,13,16H,5,9-12H2,1-4H3. The van der Waals surface area contributed by atoms with E-state index in [1.807, 2.05) is 7.05 Å². The SMILES string of the molecule is CCC(C)N(CCOC)Cc1cccc(CNC)n1. The van der Waals surface area contributed by atoms with E-state index >= 15 is 0 Å². The van der Waals surface area contributed by atoms with E-state index in [2.05, 4.69) is 47.2 Å². The highest BCUT2D eigenvalue weighted by Crippen LogP contribution is 2.09. The smallest absolute Gasteiger partial charge is 0.0589 e. The van der Waals surface area contributed by atoms with Gasteiger partial charge < -0.3 is 10.1 Å². The molecule has 0 amide bonds. The molecule has 1 aromatic heterocycles. The number of methoxy groups -OCH3 is 1. The molecule has 0 aliphatic rings. The van der Waals surface area contributed by atoms with Crippen LogP contribution in [0.5, 0.6) is 0 Å². The topological polar surface area (TPSA) is 37.4 Å². The molecule has 0 radical (unpaired) electrons. The van der Waals surface area contributed by atoms with Crippen LogP contribution in [0.15, 0.2) is 18.2 Å². The Labute approximate surface area is 117 Å². The van der Waals surface area contributed by atoms with Crippen molar-refractivity contribution in [3.8, 4) is 0 Å². The lowest BCUT2D eigenvalue weighted by molar-refractivity contribution is 0.117. The van der Waals surface area contributed by atoms with Gasteiger partial charge in [0, 0.05) is 32.8 Å². The normalized spacial score (nSPS) is 12.9. The van der Waals surface area contributed by atoms with Gasteiger partial charge in [0.15, 0.2) is 0 Å². The van der Waals surface area contributed by atoms with Crippen LogP contribution < -0.4 is 5.32 Å². The minimum Gasteiger partial charge on any atom is -0.383 e. The first-order valence-corrected chi connectivity index (χ1v) is 7.03. The lowest BCUT2D eigenvalue weighted by Gasteiger charge is -2.27. The summed E-state index contributed by atoms with van der Waals surface area (Å²) < 4.78 is 5.19. The van der Waals surface area contributed by atoms with Crippen molar-refractivity contribution in [3.63, 3.8) is 0 Å². The fourth-order valence-electron chi connectivity index (χ4n) is 2.03. The zero-order valence-electron chi connectivity index (χ0n) is 12.6. The summed E-state index contributed by atoms with van der Waals surface area (Å²) in [4.78, 5) is 7.11. The van der Waals surface area contributed by atoms with Crippen molar-refractivity contribution in [1.29, 1.82) is 0 Å². The quantitative estimate of drug-likeness (QED) is 0.741. The predicted molar refractivity (Wildman–Crippen MR) is 79.0 cm³/mol. The van der Waals surface area contributed by atoms with Gasteiger partial charge in [-0.3, -0.25) is 9.88 Å². The molecule has 0 saturated carbocycles. The molecule has 19 heavy (non-hydrogen) atoms. The van der Waals surface area contributed by atoms with Gasteiger partial charge >= 0.3 is 0 Å². The van der Waals surface area contributed by atoms with Crippen LogP contribution in [0.3, 0.4) is 0 Å². The molecule has 4 nitrogen and oxygen atoms in total. The molecule has 0 spiro atoms. The van der Waals surface area contributed by atoms with Crippen molar-refractivity contribution < 1.29 is 4.74 Å². The zero-order valence-corrected chi connectivity index (χ0v) is 12.6. The molecule has 1 heterocycles. The predicted octanol–water partition coefficient (Wildman–Crippen LogP) is 2.05. The molecule has 1 unspecified atom stereocenters. The number of pyridine rings is 1. The maximum Gasteiger partial charge on any atom is 0.0589 e. The average Bonchev–Trinajstić information content (AvgIpc) is 2.43. The average molecular weight is 265 g/mol. The molecule has 0 aliphatic heterocycles. The number of aromatic nitrogens is 1. The van der Waals surface area contributed by atoms with E-state index in [1.165, 1.54) is 0 Å². The van der Waals surface area contributed by atoms with E-state index in [0.29, 0.717) is 6.04 Å². The summed E-state index contributed by atoms with van der Waals surface area (Å²) in [5.74, 6) is 0. The Balaban J connectivity index is 2.68. The van der Waals surface area contributed by atoms with E-state index in [-0.39, 0.29) is 0 Å². The molecule has 0 saturated heterocycles. The van der Waals surface area contributed by atoms with Crippen LogP contribution in [0.2, 0.25) is 0 Å². The molecular formula is C15H27N3O. The Morgan fingerprint density at radius 1 is 1.37 bits per heavy atom. The third-order valence-corrected chi connectivity index (χ3v) is 3.38.